The molecule has 1 aliphatic heterocycles. The monoisotopic (exact) mass is 304 g/mol. The molecule has 0 radical (unpaired) electrons. The Hall–Kier alpha value is -0.0800. The fourth-order valence-electron chi connectivity index (χ4n) is 7.64. The van der Waals surface area contributed by atoms with E-state index in [1.54, 1.807) is 0 Å². The van der Waals surface area contributed by atoms with Gasteiger partial charge in [-0.25, -0.2) is 0 Å². The normalized spacial score (nSPS) is 63.1. The van der Waals surface area contributed by atoms with Crippen molar-refractivity contribution in [2.24, 2.45) is 34.5 Å². The standard InChI is InChI=1S/C20H32O2/c1-18-9-10-20(12-22-20)11-13(18)3-4-14-15-5-6-17(21)19(15,2)8-7-16(14)18/h13-17,21H,3-12H2,1-2H3/t13-,14-,15-,16-,17-,18-,19-,20?/m0/s1. The maximum atomic E-state index is 10.5. The minimum absolute atomic E-state index is 0.0292. The summed E-state index contributed by atoms with van der Waals surface area (Å²) in [6.07, 6.45) is 11.8. The van der Waals surface area contributed by atoms with Crippen LogP contribution >= 0.6 is 0 Å². The van der Waals surface area contributed by atoms with Crippen LogP contribution in [0.15, 0.2) is 0 Å². The largest absolute Gasteiger partial charge is 0.393 e. The average Bonchev–Trinajstić information content (AvgIpc) is 3.19. The maximum absolute atomic E-state index is 10.5. The second kappa shape index (κ2) is 4.30. The van der Waals surface area contributed by atoms with Gasteiger partial charge in [-0.05, 0) is 92.3 Å². The first-order valence-corrected chi connectivity index (χ1v) is 9.79. The van der Waals surface area contributed by atoms with Crippen LogP contribution in [-0.4, -0.2) is 23.4 Å². The molecule has 1 spiro atoms. The van der Waals surface area contributed by atoms with Crippen LogP contribution in [0.25, 0.3) is 0 Å². The number of epoxide rings is 1. The van der Waals surface area contributed by atoms with E-state index < -0.39 is 0 Å². The Kier molecular flexibility index (Phi) is 2.79. The zero-order chi connectivity index (χ0) is 15.2. The Morgan fingerprint density at radius 3 is 2.41 bits per heavy atom. The third-order valence-electron chi connectivity index (χ3n) is 9.31. The van der Waals surface area contributed by atoms with Gasteiger partial charge in [0.2, 0.25) is 0 Å². The molecule has 1 unspecified atom stereocenters. The van der Waals surface area contributed by atoms with Crippen molar-refractivity contribution < 1.29 is 9.84 Å². The van der Waals surface area contributed by atoms with Crippen molar-refractivity contribution in [3.05, 3.63) is 0 Å². The molecule has 5 aliphatic rings. The minimum Gasteiger partial charge on any atom is -0.393 e. The lowest BCUT2D eigenvalue weighted by Gasteiger charge is -2.60. The van der Waals surface area contributed by atoms with Crippen LogP contribution in [0, 0.1) is 34.5 Å². The summed E-state index contributed by atoms with van der Waals surface area (Å²) in [6, 6.07) is 0. The third kappa shape index (κ3) is 1.69. The van der Waals surface area contributed by atoms with E-state index in [1.165, 1.54) is 51.4 Å². The smallest absolute Gasteiger partial charge is 0.0919 e. The van der Waals surface area contributed by atoms with E-state index in [0.29, 0.717) is 11.0 Å². The van der Waals surface area contributed by atoms with E-state index in [9.17, 15) is 5.11 Å². The van der Waals surface area contributed by atoms with Crippen LogP contribution in [0.4, 0.5) is 0 Å². The molecule has 2 nitrogen and oxygen atoms in total. The Balaban J connectivity index is 1.44. The number of rotatable bonds is 0. The Labute approximate surface area is 135 Å². The number of hydrogen-bond donors (Lipinski definition) is 1. The Bertz CT molecular complexity index is 484. The van der Waals surface area contributed by atoms with Gasteiger partial charge in [-0.15, -0.1) is 0 Å². The molecule has 5 rings (SSSR count). The molecule has 0 bridgehead atoms. The summed E-state index contributed by atoms with van der Waals surface area (Å²) in [5.74, 6) is 3.52. The summed E-state index contributed by atoms with van der Waals surface area (Å²) < 4.78 is 5.83. The predicted molar refractivity (Wildman–Crippen MR) is 86.4 cm³/mol. The summed E-state index contributed by atoms with van der Waals surface area (Å²) in [7, 11) is 0. The van der Waals surface area contributed by atoms with Gasteiger partial charge < -0.3 is 9.84 Å². The molecule has 0 amide bonds. The van der Waals surface area contributed by atoms with Crippen molar-refractivity contribution in [2.75, 3.05) is 6.61 Å². The van der Waals surface area contributed by atoms with Crippen molar-refractivity contribution >= 4 is 0 Å². The third-order valence-corrected chi connectivity index (χ3v) is 9.31. The van der Waals surface area contributed by atoms with E-state index in [1.807, 2.05) is 0 Å². The van der Waals surface area contributed by atoms with Gasteiger partial charge in [-0.3, -0.25) is 0 Å². The highest BCUT2D eigenvalue weighted by atomic mass is 16.6. The molecule has 4 aliphatic carbocycles. The van der Waals surface area contributed by atoms with Gasteiger partial charge in [0.1, 0.15) is 0 Å². The zero-order valence-corrected chi connectivity index (χ0v) is 14.3. The van der Waals surface area contributed by atoms with Crippen molar-refractivity contribution in [1.29, 1.82) is 0 Å². The second-order valence-electron chi connectivity index (χ2n) is 9.97. The first-order chi connectivity index (χ1) is 10.5. The van der Waals surface area contributed by atoms with E-state index in [0.717, 1.165) is 36.7 Å². The van der Waals surface area contributed by atoms with Crippen LogP contribution in [0.5, 0.6) is 0 Å². The number of hydrogen-bond acceptors (Lipinski definition) is 2. The second-order valence-corrected chi connectivity index (χ2v) is 9.97. The average molecular weight is 304 g/mol. The van der Waals surface area contributed by atoms with Crippen LogP contribution in [0.1, 0.15) is 71.6 Å². The zero-order valence-electron chi connectivity index (χ0n) is 14.3. The molecule has 1 N–H and O–H groups in total. The number of aliphatic hydroxyl groups excluding tert-OH is 1. The van der Waals surface area contributed by atoms with Gasteiger partial charge in [0.05, 0.1) is 18.3 Å². The fraction of sp³-hybridized carbons (Fsp3) is 1.00. The van der Waals surface area contributed by atoms with Gasteiger partial charge in [-0.1, -0.05) is 13.8 Å². The van der Waals surface area contributed by atoms with Crippen molar-refractivity contribution in [3.8, 4) is 0 Å². The molecular formula is C20H32O2. The molecule has 0 aromatic rings. The SMILES string of the molecule is C[C@]12CCC3(CO3)C[C@@H]1CC[C@@H]1[C@@H]2CC[C@]2(C)[C@@H](O)CC[C@@H]12. The van der Waals surface area contributed by atoms with E-state index in [4.69, 9.17) is 4.74 Å². The summed E-state index contributed by atoms with van der Waals surface area (Å²) in [5.41, 5.74) is 1.12. The summed E-state index contributed by atoms with van der Waals surface area (Å²) in [6.45, 7) is 6.06. The van der Waals surface area contributed by atoms with Crippen molar-refractivity contribution in [1.82, 2.24) is 0 Å². The number of ether oxygens (including phenoxy) is 1. The molecule has 2 heteroatoms. The van der Waals surface area contributed by atoms with Crippen LogP contribution in [0.3, 0.4) is 0 Å². The number of fused-ring (bicyclic) bond motifs is 5. The first kappa shape index (κ1) is 14.3. The molecule has 1 heterocycles. The Morgan fingerprint density at radius 1 is 0.864 bits per heavy atom. The molecule has 4 saturated carbocycles. The minimum atomic E-state index is -0.0292. The molecule has 22 heavy (non-hydrogen) atoms. The molecule has 0 aromatic heterocycles. The van der Waals surface area contributed by atoms with Gasteiger partial charge in [-0.2, -0.15) is 0 Å². The topological polar surface area (TPSA) is 32.8 Å². The molecule has 1 saturated heterocycles. The predicted octanol–water partition coefficient (Wildman–Crippen LogP) is 4.16. The molecule has 5 fully saturated rings. The first-order valence-electron chi connectivity index (χ1n) is 9.79. The van der Waals surface area contributed by atoms with E-state index in [2.05, 4.69) is 13.8 Å². The highest BCUT2D eigenvalue weighted by Crippen LogP contribution is 2.67. The lowest BCUT2D eigenvalue weighted by Crippen LogP contribution is -2.54. The summed E-state index contributed by atoms with van der Waals surface area (Å²) >= 11 is 0. The van der Waals surface area contributed by atoms with Crippen LogP contribution in [0.2, 0.25) is 0 Å². The molecule has 0 aromatic carbocycles. The quantitative estimate of drug-likeness (QED) is 0.682. The summed E-state index contributed by atoms with van der Waals surface area (Å²) in [4.78, 5) is 0. The van der Waals surface area contributed by atoms with Gasteiger partial charge in [0.15, 0.2) is 0 Å². The Morgan fingerprint density at radius 2 is 1.64 bits per heavy atom. The molecular weight excluding hydrogens is 272 g/mol. The van der Waals surface area contributed by atoms with Gasteiger partial charge in [0, 0.05) is 0 Å². The van der Waals surface area contributed by atoms with Gasteiger partial charge >= 0.3 is 0 Å². The molecule has 124 valence electrons. The van der Waals surface area contributed by atoms with Crippen LogP contribution in [-0.2, 0) is 4.74 Å². The van der Waals surface area contributed by atoms with E-state index in [-0.39, 0.29) is 11.5 Å². The molecule has 8 atom stereocenters. The van der Waals surface area contributed by atoms with Crippen LogP contribution < -0.4 is 0 Å². The fourth-order valence-corrected chi connectivity index (χ4v) is 7.64. The highest BCUT2D eigenvalue weighted by Gasteiger charge is 2.63. The lowest BCUT2D eigenvalue weighted by atomic mass is 9.44. The van der Waals surface area contributed by atoms with E-state index >= 15 is 0 Å². The highest BCUT2D eigenvalue weighted by molar-refractivity contribution is 5.12. The summed E-state index contributed by atoms with van der Waals surface area (Å²) in [5, 5.41) is 10.5. The lowest BCUT2D eigenvalue weighted by molar-refractivity contribution is -0.128. The number of aliphatic hydroxyl groups is 1. The van der Waals surface area contributed by atoms with Crippen molar-refractivity contribution in [2.45, 2.75) is 83.3 Å². The maximum Gasteiger partial charge on any atom is 0.0919 e. The van der Waals surface area contributed by atoms with Crippen molar-refractivity contribution in [3.63, 3.8) is 0 Å². The van der Waals surface area contributed by atoms with Gasteiger partial charge in [0.25, 0.3) is 0 Å².